The molecule has 3 N–H and O–H groups in total. The summed E-state index contributed by atoms with van der Waals surface area (Å²) in [5.74, 6) is 0.751. The molecule has 0 aliphatic heterocycles. The third kappa shape index (κ3) is 3.20. The standard InChI is InChI=1S/C13H22N2O2S/c14-11(18)13(5-1-2-6-13)12(16)15-7-8-17-9-10-3-4-10/h10H,1-9H2,(H2,14,18)(H,15,16). The Morgan fingerprint density at radius 2 is 2.06 bits per heavy atom. The Hall–Kier alpha value is -0.680. The maximum absolute atomic E-state index is 12.2. The molecule has 0 radical (unpaired) electrons. The van der Waals surface area contributed by atoms with E-state index in [0.29, 0.717) is 18.1 Å². The number of carbonyl (C=O) groups is 1. The van der Waals surface area contributed by atoms with Crippen molar-refractivity contribution in [3.05, 3.63) is 0 Å². The molecule has 0 saturated heterocycles. The van der Waals surface area contributed by atoms with E-state index in [-0.39, 0.29) is 5.91 Å². The van der Waals surface area contributed by atoms with Crippen molar-refractivity contribution in [2.45, 2.75) is 38.5 Å². The molecule has 0 spiro atoms. The summed E-state index contributed by atoms with van der Waals surface area (Å²) in [6.07, 6.45) is 6.22. The van der Waals surface area contributed by atoms with Crippen LogP contribution < -0.4 is 11.1 Å². The molecule has 18 heavy (non-hydrogen) atoms. The smallest absolute Gasteiger partial charge is 0.233 e. The zero-order valence-corrected chi connectivity index (χ0v) is 11.6. The first-order valence-electron chi connectivity index (χ1n) is 6.81. The Morgan fingerprint density at radius 1 is 1.39 bits per heavy atom. The minimum absolute atomic E-state index is 0.0116. The van der Waals surface area contributed by atoms with E-state index in [2.05, 4.69) is 5.32 Å². The zero-order chi connectivity index (χ0) is 13.0. The molecule has 0 bridgehead atoms. The molecule has 0 aromatic rings. The molecule has 0 unspecified atom stereocenters. The molecule has 4 nitrogen and oxygen atoms in total. The Kier molecular flexibility index (Phi) is 4.56. The lowest BCUT2D eigenvalue weighted by molar-refractivity contribution is -0.127. The first-order valence-corrected chi connectivity index (χ1v) is 7.22. The summed E-state index contributed by atoms with van der Waals surface area (Å²) in [5.41, 5.74) is 5.16. The van der Waals surface area contributed by atoms with Gasteiger partial charge in [-0.1, -0.05) is 25.1 Å². The molecular weight excluding hydrogens is 248 g/mol. The van der Waals surface area contributed by atoms with E-state index in [9.17, 15) is 4.79 Å². The van der Waals surface area contributed by atoms with Crippen LogP contribution in [-0.4, -0.2) is 30.7 Å². The fourth-order valence-electron chi connectivity index (χ4n) is 2.50. The van der Waals surface area contributed by atoms with E-state index in [1.165, 1.54) is 12.8 Å². The molecule has 2 aliphatic carbocycles. The molecule has 0 atom stereocenters. The number of nitrogens with two attached hydrogens (primary N) is 1. The van der Waals surface area contributed by atoms with Crippen molar-refractivity contribution in [3.63, 3.8) is 0 Å². The van der Waals surface area contributed by atoms with Crippen LogP contribution in [0.25, 0.3) is 0 Å². The van der Waals surface area contributed by atoms with Gasteiger partial charge >= 0.3 is 0 Å². The fraction of sp³-hybridized carbons (Fsp3) is 0.846. The van der Waals surface area contributed by atoms with Gasteiger partial charge in [-0.05, 0) is 31.6 Å². The molecule has 2 saturated carbocycles. The third-order valence-electron chi connectivity index (χ3n) is 3.95. The summed E-state index contributed by atoms with van der Waals surface area (Å²) in [6.45, 7) is 1.96. The molecule has 0 aromatic carbocycles. The quantitative estimate of drug-likeness (QED) is 0.542. The van der Waals surface area contributed by atoms with Gasteiger partial charge in [-0.25, -0.2) is 0 Å². The van der Waals surface area contributed by atoms with Crippen molar-refractivity contribution in [1.82, 2.24) is 5.32 Å². The van der Waals surface area contributed by atoms with E-state index in [4.69, 9.17) is 22.7 Å². The summed E-state index contributed by atoms with van der Waals surface area (Å²) in [5, 5.41) is 2.91. The van der Waals surface area contributed by atoms with Crippen molar-refractivity contribution < 1.29 is 9.53 Å². The Labute approximate surface area is 114 Å². The normalized spacial score (nSPS) is 21.8. The summed E-state index contributed by atoms with van der Waals surface area (Å²) in [6, 6.07) is 0. The molecule has 5 heteroatoms. The average Bonchev–Trinajstić information content (AvgIpc) is 3.02. The number of carbonyl (C=O) groups excluding carboxylic acids is 1. The number of hydrogen-bond donors (Lipinski definition) is 2. The number of hydrogen-bond acceptors (Lipinski definition) is 3. The molecule has 1 amide bonds. The van der Waals surface area contributed by atoms with Crippen LogP contribution in [-0.2, 0) is 9.53 Å². The van der Waals surface area contributed by atoms with Crippen molar-refractivity contribution in [2.24, 2.45) is 17.1 Å². The second-order valence-electron chi connectivity index (χ2n) is 5.43. The van der Waals surface area contributed by atoms with Gasteiger partial charge < -0.3 is 15.8 Å². The van der Waals surface area contributed by atoms with E-state index < -0.39 is 5.41 Å². The van der Waals surface area contributed by atoms with Gasteiger partial charge in [0.25, 0.3) is 0 Å². The number of thiocarbonyl (C=S) groups is 1. The second-order valence-corrected chi connectivity index (χ2v) is 5.87. The van der Waals surface area contributed by atoms with Crippen molar-refractivity contribution in [2.75, 3.05) is 19.8 Å². The third-order valence-corrected chi connectivity index (χ3v) is 4.34. The minimum atomic E-state index is -0.591. The molecule has 2 fully saturated rings. The minimum Gasteiger partial charge on any atom is -0.392 e. The topological polar surface area (TPSA) is 64.4 Å². The molecule has 2 aliphatic rings. The predicted molar refractivity (Wildman–Crippen MR) is 74.2 cm³/mol. The highest BCUT2D eigenvalue weighted by Gasteiger charge is 2.43. The number of amides is 1. The highest BCUT2D eigenvalue weighted by molar-refractivity contribution is 7.80. The lowest BCUT2D eigenvalue weighted by Crippen LogP contribution is -2.47. The molecule has 0 aromatic heterocycles. The van der Waals surface area contributed by atoms with Crippen LogP contribution in [0, 0.1) is 11.3 Å². The van der Waals surface area contributed by atoms with Crippen LogP contribution in [0.15, 0.2) is 0 Å². The summed E-state index contributed by atoms with van der Waals surface area (Å²) < 4.78 is 5.49. The van der Waals surface area contributed by atoms with Crippen LogP contribution in [0.4, 0.5) is 0 Å². The van der Waals surface area contributed by atoms with E-state index in [1.807, 2.05) is 0 Å². The van der Waals surface area contributed by atoms with Gasteiger partial charge in [0, 0.05) is 13.2 Å². The predicted octanol–water partition coefficient (Wildman–Crippen LogP) is 1.38. The van der Waals surface area contributed by atoms with E-state index >= 15 is 0 Å². The summed E-state index contributed by atoms with van der Waals surface area (Å²) >= 11 is 5.07. The van der Waals surface area contributed by atoms with Crippen LogP contribution >= 0.6 is 12.2 Å². The van der Waals surface area contributed by atoms with Crippen molar-refractivity contribution >= 4 is 23.1 Å². The maximum atomic E-state index is 12.2. The van der Waals surface area contributed by atoms with Crippen molar-refractivity contribution in [3.8, 4) is 0 Å². The number of nitrogens with one attached hydrogen (secondary N) is 1. The van der Waals surface area contributed by atoms with Crippen LogP contribution in [0.1, 0.15) is 38.5 Å². The second kappa shape index (κ2) is 5.97. The average molecular weight is 270 g/mol. The Bertz CT molecular complexity index is 323. The Morgan fingerprint density at radius 3 is 2.61 bits per heavy atom. The van der Waals surface area contributed by atoms with Crippen LogP contribution in [0.3, 0.4) is 0 Å². The molecular formula is C13H22N2O2S. The largest absolute Gasteiger partial charge is 0.392 e. The highest BCUT2D eigenvalue weighted by atomic mass is 32.1. The molecule has 102 valence electrons. The maximum Gasteiger partial charge on any atom is 0.233 e. The molecule has 0 heterocycles. The number of rotatable bonds is 7. The van der Waals surface area contributed by atoms with Gasteiger partial charge in [-0.2, -0.15) is 0 Å². The summed E-state index contributed by atoms with van der Waals surface area (Å²) in [4.78, 5) is 12.5. The lowest BCUT2D eigenvalue weighted by Gasteiger charge is -2.26. The Balaban J connectivity index is 1.69. The van der Waals surface area contributed by atoms with Gasteiger partial charge in [0.05, 0.1) is 17.0 Å². The first kappa shape index (κ1) is 13.7. The fourth-order valence-corrected chi connectivity index (χ4v) is 2.80. The van der Waals surface area contributed by atoms with Gasteiger partial charge in [0.1, 0.15) is 0 Å². The van der Waals surface area contributed by atoms with Crippen molar-refractivity contribution in [1.29, 1.82) is 0 Å². The SMILES string of the molecule is NC(=S)C1(C(=O)NCCOCC2CC2)CCCC1. The number of ether oxygens (including phenoxy) is 1. The first-order chi connectivity index (χ1) is 8.65. The van der Waals surface area contributed by atoms with Crippen LogP contribution in [0.5, 0.6) is 0 Å². The van der Waals surface area contributed by atoms with Gasteiger partial charge in [0.2, 0.25) is 5.91 Å². The zero-order valence-electron chi connectivity index (χ0n) is 10.7. The molecule has 2 rings (SSSR count). The summed E-state index contributed by atoms with van der Waals surface area (Å²) in [7, 11) is 0. The highest BCUT2D eigenvalue weighted by Crippen LogP contribution is 2.38. The van der Waals surface area contributed by atoms with Crippen LogP contribution in [0.2, 0.25) is 0 Å². The van der Waals surface area contributed by atoms with E-state index in [1.54, 1.807) is 0 Å². The van der Waals surface area contributed by atoms with Gasteiger partial charge in [-0.15, -0.1) is 0 Å². The van der Waals surface area contributed by atoms with Gasteiger partial charge in [-0.3, -0.25) is 4.79 Å². The van der Waals surface area contributed by atoms with E-state index in [0.717, 1.165) is 38.2 Å². The van der Waals surface area contributed by atoms with Gasteiger partial charge in [0.15, 0.2) is 0 Å². The lowest BCUT2D eigenvalue weighted by atomic mass is 9.85. The monoisotopic (exact) mass is 270 g/mol.